The molecule has 0 radical (unpaired) electrons. The number of carbonyl (C=O) groups is 3. The number of hydrogen-bond donors (Lipinski definition) is 1. The van der Waals surface area contributed by atoms with Gasteiger partial charge in [0.1, 0.15) is 6.10 Å². The van der Waals surface area contributed by atoms with Gasteiger partial charge in [0.2, 0.25) is 5.91 Å². The predicted octanol–water partition coefficient (Wildman–Crippen LogP) is 2.86. The molecule has 264 valence electrons. The molecule has 1 amide bonds. The molecule has 2 aromatic carbocycles. The van der Waals surface area contributed by atoms with E-state index in [1.165, 1.54) is 36.1 Å². The van der Waals surface area contributed by atoms with Crippen molar-refractivity contribution in [1.29, 1.82) is 0 Å². The molecule has 0 bridgehead atoms. The lowest BCUT2D eigenvalue weighted by molar-refractivity contribution is -0.139. The average molecular weight is 717 g/mol. The highest BCUT2D eigenvalue weighted by Gasteiger charge is 2.57. The first-order chi connectivity index (χ1) is 23.1. The van der Waals surface area contributed by atoms with Gasteiger partial charge in [-0.05, 0) is 58.0 Å². The van der Waals surface area contributed by atoms with Gasteiger partial charge in [-0.3, -0.25) is 13.2 Å². The van der Waals surface area contributed by atoms with Gasteiger partial charge in [-0.1, -0.05) is 41.5 Å². The first-order valence-corrected chi connectivity index (χ1v) is 18.8. The van der Waals surface area contributed by atoms with Gasteiger partial charge in [-0.15, -0.1) is 0 Å². The summed E-state index contributed by atoms with van der Waals surface area (Å²) in [5, 5.41) is 3.12. The first-order valence-electron chi connectivity index (χ1n) is 16.0. The second-order valence-electron chi connectivity index (χ2n) is 12.2. The lowest BCUT2D eigenvalue weighted by Crippen LogP contribution is -2.31. The van der Waals surface area contributed by atoms with Crippen molar-refractivity contribution in [3.8, 4) is 0 Å². The summed E-state index contributed by atoms with van der Waals surface area (Å²) in [7, 11) is -7.87. The van der Waals surface area contributed by atoms with Gasteiger partial charge in [0.25, 0.3) is 20.2 Å². The topological polar surface area (TPSA) is 181 Å². The second kappa shape index (κ2) is 14.5. The molecule has 0 aromatic heterocycles. The summed E-state index contributed by atoms with van der Waals surface area (Å²) in [4.78, 5) is 37.4. The zero-order valence-corrected chi connectivity index (χ0v) is 29.5. The molecule has 2 aromatic rings. The summed E-state index contributed by atoms with van der Waals surface area (Å²) in [6, 6.07) is 12.0. The van der Waals surface area contributed by atoms with E-state index in [4.69, 9.17) is 17.8 Å². The maximum absolute atomic E-state index is 12.6. The molecule has 2 aliphatic carbocycles. The van der Waals surface area contributed by atoms with Crippen LogP contribution < -0.4 is 5.32 Å². The van der Waals surface area contributed by atoms with Crippen molar-refractivity contribution < 1.29 is 49.1 Å². The lowest BCUT2D eigenvalue weighted by atomic mass is 9.97. The van der Waals surface area contributed by atoms with E-state index in [-0.39, 0.29) is 65.9 Å². The van der Waals surface area contributed by atoms with Crippen molar-refractivity contribution >= 4 is 38.1 Å². The van der Waals surface area contributed by atoms with Crippen LogP contribution in [0.1, 0.15) is 44.7 Å². The third kappa shape index (κ3) is 8.47. The van der Waals surface area contributed by atoms with Gasteiger partial charge in [0, 0.05) is 37.0 Å². The number of carbonyl (C=O) groups excluding carboxylic acids is 3. The van der Waals surface area contributed by atoms with Crippen molar-refractivity contribution in [2.45, 2.75) is 93.6 Å². The van der Waals surface area contributed by atoms with E-state index in [1.807, 2.05) is 13.8 Å². The summed E-state index contributed by atoms with van der Waals surface area (Å²) in [5.74, 6) is -1.12. The quantitative estimate of drug-likeness (QED) is 0.216. The molecule has 0 spiro atoms. The molecule has 1 unspecified atom stereocenters. The van der Waals surface area contributed by atoms with Crippen molar-refractivity contribution in [3.05, 3.63) is 83.0 Å². The van der Waals surface area contributed by atoms with Crippen molar-refractivity contribution in [2.75, 3.05) is 13.2 Å². The van der Waals surface area contributed by atoms with E-state index in [9.17, 15) is 31.2 Å². The molecular weight excluding hydrogens is 677 g/mol. The van der Waals surface area contributed by atoms with E-state index < -0.39 is 44.4 Å². The van der Waals surface area contributed by atoms with Gasteiger partial charge < -0.3 is 19.7 Å². The average Bonchev–Trinajstić information content (AvgIpc) is 3.96. The Kier molecular flexibility index (Phi) is 10.8. The summed E-state index contributed by atoms with van der Waals surface area (Å²) >= 11 is 0. The molecule has 2 aliphatic heterocycles. The number of benzene rings is 2. The number of esters is 2. The number of aryl methyl sites for hydroxylation is 2. The highest BCUT2D eigenvalue weighted by molar-refractivity contribution is 7.87. The number of ether oxygens (including phenoxy) is 2. The van der Waals surface area contributed by atoms with E-state index in [1.54, 1.807) is 50.3 Å². The molecule has 13 nitrogen and oxygen atoms in total. The minimum Gasteiger partial charge on any atom is -0.463 e. The Morgan fingerprint density at radius 3 is 1.65 bits per heavy atom. The molecule has 4 aliphatic rings. The Morgan fingerprint density at radius 2 is 1.18 bits per heavy atom. The lowest BCUT2D eigenvalue weighted by Gasteiger charge is -2.20. The fourth-order valence-electron chi connectivity index (χ4n) is 5.95. The van der Waals surface area contributed by atoms with Gasteiger partial charge in [-0.25, -0.2) is 9.59 Å². The highest BCUT2D eigenvalue weighted by Crippen LogP contribution is 2.42. The maximum atomic E-state index is 12.6. The van der Waals surface area contributed by atoms with Crippen LogP contribution in [0, 0.1) is 13.8 Å². The maximum Gasteiger partial charge on any atom is 0.333 e. The first kappa shape index (κ1) is 36.4. The molecule has 2 fully saturated rings. The molecular formula is C34H40N2O11S2. The van der Waals surface area contributed by atoms with Gasteiger partial charge in [0.05, 0.1) is 47.2 Å². The Balaban J connectivity index is 0.000000192. The monoisotopic (exact) mass is 716 g/mol. The standard InChI is InChI=1S/C18H21NO6S.C16H19NO5S/c1-4-24-18(21)13-9-15-17(19(15)12(3)20)16(10-13)25-26(22,23)14-7-5-11(2)6-8-14;1-3-21-16(18)11-8-13-15(17-13)14(9-11)22-23(19,20)12-6-4-10(2)5-7-12/h5-9,15-17H,4,10H2,1-3H3;4-8,13-15,17H,3,9H2,1-2H3/t15?,16-,17+,19?;13-,14+,15-/m10/s1. The van der Waals surface area contributed by atoms with Crippen molar-refractivity contribution in [2.24, 2.45) is 0 Å². The Morgan fingerprint density at radius 1 is 0.735 bits per heavy atom. The summed E-state index contributed by atoms with van der Waals surface area (Å²) in [6.07, 6.45) is 2.34. The smallest absolute Gasteiger partial charge is 0.333 e. The minimum atomic E-state index is -4.01. The zero-order chi connectivity index (χ0) is 35.7. The Bertz CT molecular complexity index is 1870. The Hall–Kier alpha value is -3.89. The summed E-state index contributed by atoms with van der Waals surface area (Å²) in [5.41, 5.74) is 2.69. The SMILES string of the molecule is CCOC(=O)C1=CC2[C@@H]([C@H](OS(=O)(=O)c3ccc(C)cc3)C1)N2C(C)=O.CCOC(=O)C1=C[C@@H]2N[C@@H]2[C@H](OS(=O)(=O)c2ccc(C)cc2)C1. The highest BCUT2D eigenvalue weighted by atomic mass is 32.2. The van der Waals surface area contributed by atoms with E-state index in [0.717, 1.165) is 11.1 Å². The van der Waals surface area contributed by atoms with Crippen LogP contribution in [0.5, 0.6) is 0 Å². The predicted molar refractivity (Wildman–Crippen MR) is 176 cm³/mol. The van der Waals surface area contributed by atoms with Crippen LogP contribution in [0.4, 0.5) is 0 Å². The second-order valence-corrected chi connectivity index (χ2v) is 15.3. The van der Waals surface area contributed by atoms with Gasteiger partial charge in [-0.2, -0.15) is 16.8 Å². The van der Waals surface area contributed by atoms with E-state index in [2.05, 4.69) is 5.32 Å². The summed E-state index contributed by atoms with van der Waals surface area (Å²) < 4.78 is 70.8. The van der Waals surface area contributed by atoms with Gasteiger partial charge in [0.15, 0.2) is 0 Å². The van der Waals surface area contributed by atoms with Crippen LogP contribution in [0.3, 0.4) is 0 Å². The fraction of sp³-hybridized carbons (Fsp3) is 0.441. The largest absolute Gasteiger partial charge is 0.463 e. The van der Waals surface area contributed by atoms with Crippen LogP contribution in [0.15, 0.2) is 81.6 Å². The number of fused-ring (bicyclic) bond motifs is 2. The Labute approximate surface area is 286 Å². The van der Waals surface area contributed by atoms with Crippen LogP contribution in [-0.2, 0) is 52.5 Å². The number of rotatable bonds is 10. The molecule has 0 saturated carbocycles. The number of amides is 1. The number of hydrogen-bond acceptors (Lipinski definition) is 12. The normalized spacial score (nSPS) is 25.3. The van der Waals surface area contributed by atoms with Crippen LogP contribution >= 0.6 is 0 Å². The van der Waals surface area contributed by atoms with Crippen molar-refractivity contribution in [1.82, 2.24) is 10.2 Å². The van der Waals surface area contributed by atoms with E-state index in [0.29, 0.717) is 11.1 Å². The van der Waals surface area contributed by atoms with Crippen molar-refractivity contribution in [3.63, 3.8) is 0 Å². The third-order valence-corrected chi connectivity index (χ3v) is 11.2. The number of nitrogens with one attached hydrogen (secondary N) is 1. The molecule has 2 heterocycles. The summed E-state index contributed by atoms with van der Waals surface area (Å²) in [6.45, 7) is 9.07. The minimum absolute atomic E-state index is 0.0265. The number of nitrogens with zero attached hydrogens (tertiary/aromatic N) is 1. The molecule has 6 rings (SSSR count). The molecule has 49 heavy (non-hydrogen) atoms. The van der Waals surface area contributed by atoms with E-state index >= 15 is 0 Å². The molecule has 1 N–H and O–H groups in total. The fourth-order valence-corrected chi connectivity index (χ4v) is 8.13. The molecule has 6 atom stereocenters. The van der Waals surface area contributed by atoms with Crippen LogP contribution in [0.25, 0.3) is 0 Å². The molecule has 15 heteroatoms. The molecule has 2 saturated heterocycles. The van der Waals surface area contributed by atoms with Crippen LogP contribution in [0.2, 0.25) is 0 Å². The zero-order valence-electron chi connectivity index (χ0n) is 27.8. The van der Waals surface area contributed by atoms with Gasteiger partial charge >= 0.3 is 11.9 Å². The third-order valence-electron chi connectivity index (χ3n) is 8.50. The van der Waals surface area contributed by atoms with Crippen LogP contribution in [-0.4, -0.2) is 89.2 Å².